The molecule has 0 bridgehead atoms. The van der Waals surface area contributed by atoms with Crippen molar-refractivity contribution in [3.05, 3.63) is 43.0 Å². The van der Waals surface area contributed by atoms with E-state index in [-0.39, 0.29) is 10.8 Å². The highest BCUT2D eigenvalue weighted by atomic mass is 32.2. The predicted molar refractivity (Wildman–Crippen MR) is 149 cm³/mol. The van der Waals surface area contributed by atoms with Gasteiger partial charge in [-0.2, -0.15) is 10.2 Å². The maximum absolute atomic E-state index is 12.5. The molecule has 0 saturated heterocycles. The van der Waals surface area contributed by atoms with Gasteiger partial charge in [-0.15, -0.1) is 10.2 Å². The first-order valence-electron chi connectivity index (χ1n) is 11.7. The van der Waals surface area contributed by atoms with Crippen molar-refractivity contribution in [3.8, 4) is 0 Å². The molecule has 2 aromatic carbocycles. The van der Waals surface area contributed by atoms with Gasteiger partial charge in [0, 0.05) is 41.7 Å². The Bertz CT molecular complexity index is 1510. The summed E-state index contributed by atoms with van der Waals surface area (Å²) in [5, 5.41) is 26.0. The van der Waals surface area contributed by atoms with Crippen LogP contribution in [0.4, 0.5) is 22.7 Å². The molecule has 3 N–H and O–H groups in total. The molecule has 4 rings (SSSR count). The lowest BCUT2D eigenvalue weighted by Crippen LogP contribution is -2.21. The Kier molecular flexibility index (Phi) is 8.98. The average Bonchev–Trinajstić information content (AvgIpc) is 3.59. The molecular formula is C23H26N10O3S3. The van der Waals surface area contributed by atoms with E-state index in [0.29, 0.717) is 37.2 Å². The topological polar surface area (TPSA) is 174 Å². The molecule has 0 aliphatic heterocycles. The van der Waals surface area contributed by atoms with E-state index in [4.69, 9.17) is 0 Å². The first-order chi connectivity index (χ1) is 18.7. The van der Waals surface area contributed by atoms with Crippen molar-refractivity contribution in [1.29, 1.82) is 0 Å². The zero-order valence-electron chi connectivity index (χ0n) is 21.5. The summed E-state index contributed by atoms with van der Waals surface area (Å²) in [6.07, 6.45) is 3.84. The van der Waals surface area contributed by atoms with Crippen LogP contribution in [-0.2, 0) is 14.6 Å². The highest BCUT2D eigenvalue weighted by molar-refractivity contribution is 8.00. The number of carbonyl (C=O) groups excluding carboxylic acids is 1. The minimum atomic E-state index is -3.57. The molecule has 2 heterocycles. The maximum Gasteiger partial charge on any atom is 0.221 e. The standard InChI is InChI=1S/C23H26N10O3S3/c1-5-33(6-2)15-7-8-17(18(9-15)28-14(3)34)29-30-21-19(37-22-24-12-26-31-22)10-16(39(4,35)36)11-20(21)38-23-25-13-27-32-23/h7-13H,5-6H2,1-4H3,(H,28,34)(H,24,26,31)(H,25,27,32). The molecule has 1 amide bonds. The van der Waals surface area contributed by atoms with Crippen LogP contribution in [0.1, 0.15) is 20.8 Å². The third-order valence-corrected chi connectivity index (χ3v) is 8.25. The van der Waals surface area contributed by atoms with Gasteiger partial charge < -0.3 is 10.2 Å². The van der Waals surface area contributed by atoms with E-state index < -0.39 is 9.84 Å². The molecule has 13 nitrogen and oxygen atoms in total. The zero-order valence-corrected chi connectivity index (χ0v) is 24.0. The number of hydrogen-bond donors (Lipinski definition) is 3. The van der Waals surface area contributed by atoms with Crippen molar-refractivity contribution < 1.29 is 13.2 Å². The minimum absolute atomic E-state index is 0.0907. The monoisotopic (exact) mass is 586 g/mol. The van der Waals surface area contributed by atoms with Gasteiger partial charge in [0.1, 0.15) is 24.0 Å². The normalized spacial score (nSPS) is 11.7. The Morgan fingerprint density at radius 3 is 2.03 bits per heavy atom. The first-order valence-corrected chi connectivity index (χ1v) is 15.2. The number of sulfone groups is 1. The van der Waals surface area contributed by atoms with E-state index >= 15 is 0 Å². The molecular weight excluding hydrogens is 561 g/mol. The van der Waals surface area contributed by atoms with Crippen LogP contribution < -0.4 is 10.2 Å². The number of amides is 1. The highest BCUT2D eigenvalue weighted by Crippen LogP contribution is 2.45. The van der Waals surface area contributed by atoms with Gasteiger partial charge in [0.25, 0.3) is 0 Å². The van der Waals surface area contributed by atoms with Crippen LogP contribution in [-0.4, -0.2) is 64.0 Å². The Morgan fingerprint density at radius 1 is 0.974 bits per heavy atom. The molecule has 4 aromatic rings. The number of nitrogens with one attached hydrogen (secondary N) is 3. The largest absolute Gasteiger partial charge is 0.372 e. The molecule has 0 aliphatic carbocycles. The van der Waals surface area contributed by atoms with Gasteiger partial charge in [0.05, 0.1) is 10.6 Å². The number of hydrogen-bond acceptors (Lipinski definition) is 12. The number of aromatic nitrogens is 6. The molecule has 2 aromatic heterocycles. The molecule has 0 radical (unpaired) electrons. The summed E-state index contributed by atoms with van der Waals surface area (Å²) in [7, 11) is -3.57. The SMILES string of the molecule is CCN(CC)c1ccc(N=Nc2c(Sc3ncn[nH]3)cc(S(C)(=O)=O)cc2Sc2ncn[nH]2)c(NC(C)=O)c1. The Balaban J connectivity index is 1.86. The highest BCUT2D eigenvalue weighted by Gasteiger charge is 2.20. The van der Waals surface area contributed by atoms with Gasteiger partial charge in [-0.3, -0.25) is 15.0 Å². The predicted octanol–water partition coefficient (Wildman–Crippen LogP) is 4.85. The summed E-state index contributed by atoms with van der Waals surface area (Å²) in [6, 6.07) is 8.57. The summed E-state index contributed by atoms with van der Waals surface area (Å²) in [5.41, 5.74) is 2.24. The molecule has 0 unspecified atom stereocenters. The Morgan fingerprint density at radius 2 is 1.56 bits per heavy atom. The van der Waals surface area contributed by atoms with E-state index in [2.05, 4.69) is 64.7 Å². The van der Waals surface area contributed by atoms with Crippen molar-refractivity contribution in [1.82, 2.24) is 30.4 Å². The summed E-state index contributed by atoms with van der Waals surface area (Å²) in [6.45, 7) is 7.13. The fourth-order valence-electron chi connectivity index (χ4n) is 3.51. The van der Waals surface area contributed by atoms with Crippen LogP contribution in [0.15, 0.2) is 78.2 Å². The molecule has 0 atom stereocenters. The van der Waals surface area contributed by atoms with Crippen LogP contribution in [0, 0.1) is 0 Å². The second-order valence-electron chi connectivity index (χ2n) is 8.08. The van der Waals surface area contributed by atoms with E-state index in [0.717, 1.165) is 48.6 Å². The Hall–Kier alpha value is -3.76. The van der Waals surface area contributed by atoms with Gasteiger partial charge in [-0.05, 0) is 67.7 Å². The maximum atomic E-state index is 12.5. The first kappa shape index (κ1) is 28.3. The van der Waals surface area contributed by atoms with E-state index in [1.807, 2.05) is 12.1 Å². The lowest BCUT2D eigenvalue weighted by atomic mass is 10.2. The average molecular weight is 587 g/mol. The van der Waals surface area contributed by atoms with Crippen LogP contribution in [0.3, 0.4) is 0 Å². The van der Waals surface area contributed by atoms with Crippen molar-refractivity contribution in [2.75, 3.05) is 29.6 Å². The van der Waals surface area contributed by atoms with Gasteiger partial charge >= 0.3 is 0 Å². The van der Waals surface area contributed by atoms with Gasteiger partial charge in [-0.1, -0.05) is 0 Å². The fourth-order valence-corrected chi connectivity index (χ4v) is 6.07. The molecule has 39 heavy (non-hydrogen) atoms. The van der Waals surface area contributed by atoms with Gasteiger partial charge in [0.2, 0.25) is 5.91 Å². The number of azo groups is 1. The number of benzene rings is 2. The third kappa shape index (κ3) is 7.21. The van der Waals surface area contributed by atoms with Gasteiger partial charge in [-0.25, -0.2) is 18.4 Å². The summed E-state index contributed by atoms with van der Waals surface area (Å²) in [4.78, 5) is 23.4. The molecule has 0 saturated carbocycles. The lowest BCUT2D eigenvalue weighted by molar-refractivity contribution is -0.114. The Labute approximate surface area is 233 Å². The number of carbonyl (C=O) groups is 1. The third-order valence-electron chi connectivity index (χ3n) is 5.32. The van der Waals surface area contributed by atoms with E-state index in [1.165, 1.54) is 31.7 Å². The van der Waals surface area contributed by atoms with Crippen molar-refractivity contribution in [2.24, 2.45) is 10.2 Å². The minimum Gasteiger partial charge on any atom is -0.372 e. The molecule has 16 heteroatoms. The van der Waals surface area contributed by atoms with Crippen LogP contribution in [0.25, 0.3) is 0 Å². The number of H-pyrrole nitrogens is 2. The summed E-state index contributed by atoms with van der Waals surface area (Å²) in [5.74, 6) is -0.246. The summed E-state index contributed by atoms with van der Waals surface area (Å²) >= 11 is 2.31. The van der Waals surface area contributed by atoms with Crippen LogP contribution in [0.2, 0.25) is 0 Å². The number of aromatic amines is 2. The molecule has 0 spiro atoms. The lowest BCUT2D eigenvalue weighted by Gasteiger charge is -2.22. The second-order valence-corrected chi connectivity index (χ2v) is 12.2. The van der Waals surface area contributed by atoms with Crippen LogP contribution in [0.5, 0.6) is 0 Å². The van der Waals surface area contributed by atoms with Crippen molar-refractivity contribution >= 4 is 62.0 Å². The van der Waals surface area contributed by atoms with Crippen molar-refractivity contribution in [2.45, 2.75) is 45.8 Å². The quantitative estimate of drug-likeness (QED) is 0.206. The summed E-state index contributed by atoms with van der Waals surface area (Å²) < 4.78 is 25.1. The number of nitrogens with zero attached hydrogens (tertiary/aromatic N) is 7. The number of rotatable bonds is 11. The van der Waals surface area contributed by atoms with E-state index in [1.54, 1.807) is 6.07 Å². The van der Waals surface area contributed by atoms with Gasteiger partial charge in [0.15, 0.2) is 20.2 Å². The fraction of sp³-hybridized carbons (Fsp3) is 0.261. The van der Waals surface area contributed by atoms with Crippen LogP contribution >= 0.6 is 23.5 Å². The molecule has 204 valence electrons. The molecule has 0 aliphatic rings. The van der Waals surface area contributed by atoms with Crippen molar-refractivity contribution in [3.63, 3.8) is 0 Å². The number of anilines is 2. The van der Waals surface area contributed by atoms with E-state index in [9.17, 15) is 13.2 Å². The second kappa shape index (κ2) is 12.4. The zero-order chi connectivity index (χ0) is 28.0. The molecule has 0 fully saturated rings. The smallest absolute Gasteiger partial charge is 0.221 e.